The Morgan fingerprint density at radius 2 is 2.06 bits per heavy atom. The second kappa shape index (κ2) is 6.39. The number of hydrogen-bond acceptors (Lipinski definition) is 3. The summed E-state index contributed by atoms with van der Waals surface area (Å²) in [7, 11) is 0. The van der Waals surface area contributed by atoms with Gasteiger partial charge in [-0.1, -0.05) is 15.9 Å². The molecule has 1 aromatic rings. The topological polar surface area (TPSA) is 77.8 Å². The molecule has 0 radical (unpaired) electrons. The number of rotatable bonds is 5. The van der Waals surface area contributed by atoms with E-state index < -0.39 is 5.97 Å². The molecule has 0 unspecified atom stereocenters. The summed E-state index contributed by atoms with van der Waals surface area (Å²) in [6.07, 6.45) is -0.114. The Labute approximate surface area is 113 Å². The Kier molecular flexibility index (Phi) is 5.15. The minimum absolute atomic E-state index is 0.114. The molecule has 6 heteroatoms. The zero-order valence-corrected chi connectivity index (χ0v) is 11.5. The lowest BCUT2D eigenvalue weighted by Gasteiger charge is -2.20. The number of amides is 1. The number of carboxylic acids is 1. The third kappa shape index (κ3) is 3.73. The van der Waals surface area contributed by atoms with Gasteiger partial charge < -0.3 is 15.1 Å². The van der Waals surface area contributed by atoms with Crippen molar-refractivity contribution in [1.82, 2.24) is 4.90 Å². The van der Waals surface area contributed by atoms with Crippen molar-refractivity contribution in [1.29, 1.82) is 0 Å². The maximum atomic E-state index is 12.1. The molecule has 0 aliphatic rings. The van der Waals surface area contributed by atoms with E-state index >= 15 is 0 Å². The fourth-order valence-electron chi connectivity index (χ4n) is 1.49. The molecule has 2 N–H and O–H groups in total. The van der Waals surface area contributed by atoms with E-state index in [0.717, 1.165) is 0 Å². The van der Waals surface area contributed by atoms with Gasteiger partial charge in [-0.25, -0.2) is 0 Å². The summed E-state index contributed by atoms with van der Waals surface area (Å²) in [5, 5.41) is 18.3. The smallest absolute Gasteiger partial charge is 0.305 e. The summed E-state index contributed by atoms with van der Waals surface area (Å²) in [5.41, 5.74) is 0.172. The average molecular weight is 316 g/mol. The molecular formula is C12H14BrNO4. The average Bonchev–Trinajstić information content (AvgIpc) is 2.29. The molecule has 1 amide bonds. The number of aromatic hydroxyl groups is 1. The highest BCUT2D eigenvalue weighted by Gasteiger charge is 2.18. The molecule has 1 rings (SSSR count). The summed E-state index contributed by atoms with van der Waals surface area (Å²) >= 11 is 3.19. The molecule has 98 valence electrons. The molecule has 0 saturated heterocycles. The zero-order chi connectivity index (χ0) is 13.7. The number of hydrogen-bond donors (Lipinski definition) is 2. The first-order valence-electron chi connectivity index (χ1n) is 5.45. The van der Waals surface area contributed by atoms with Crippen molar-refractivity contribution in [2.75, 3.05) is 13.1 Å². The van der Waals surface area contributed by atoms with Crippen LogP contribution < -0.4 is 0 Å². The standard InChI is InChI=1S/C12H14BrNO4/c1-2-14(6-5-11(16)17)12(18)9-4-3-8(13)7-10(9)15/h3-4,7,15H,2,5-6H2,1H3,(H,16,17). The lowest BCUT2D eigenvalue weighted by atomic mass is 10.1. The van der Waals surface area contributed by atoms with Crippen LogP contribution in [-0.2, 0) is 4.79 Å². The first kappa shape index (κ1) is 14.5. The van der Waals surface area contributed by atoms with Gasteiger partial charge in [-0.2, -0.15) is 0 Å². The van der Waals surface area contributed by atoms with E-state index in [1.165, 1.54) is 17.0 Å². The van der Waals surface area contributed by atoms with E-state index in [0.29, 0.717) is 11.0 Å². The van der Waals surface area contributed by atoms with Gasteiger partial charge in [-0.3, -0.25) is 9.59 Å². The Hall–Kier alpha value is -1.56. The zero-order valence-electron chi connectivity index (χ0n) is 9.89. The summed E-state index contributed by atoms with van der Waals surface area (Å²) in [5.74, 6) is -1.45. The Morgan fingerprint density at radius 1 is 1.39 bits per heavy atom. The van der Waals surface area contributed by atoms with Crippen LogP contribution in [0.4, 0.5) is 0 Å². The molecule has 0 aliphatic carbocycles. The Morgan fingerprint density at radius 3 is 2.56 bits per heavy atom. The maximum absolute atomic E-state index is 12.1. The number of aliphatic carboxylic acids is 1. The van der Waals surface area contributed by atoms with Gasteiger partial charge >= 0.3 is 5.97 Å². The third-order valence-electron chi connectivity index (χ3n) is 2.45. The molecule has 0 saturated carbocycles. The molecule has 0 aromatic heterocycles. The molecule has 0 aliphatic heterocycles. The Balaban J connectivity index is 2.86. The van der Waals surface area contributed by atoms with Crippen LogP contribution >= 0.6 is 15.9 Å². The van der Waals surface area contributed by atoms with Gasteiger partial charge in [-0.05, 0) is 25.1 Å². The number of carboxylic acid groups (broad SMARTS) is 1. The van der Waals surface area contributed by atoms with Gasteiger partial charge in [0.2, 0.25) is 0 Å². The van der Waals surface area contributed by atoms with Gasteiger partial charge in [0.1, 0.15) is 5.75 Å². The molecule has 18 heavy (non-hydrogen) atoms. The summed E-state index contributed by atoms with van der Waals surface area (Å²) < 4.78 is 0.671. The monoisotopic (exact) mass is 315 g/mol. The van der Waals surface area contributed by atoms with Crippen molar-refractivity contribution in [3.05, 3.63) is 28.2 Å². The molecule has 0 fully saturated rings. The summed E-state index contributed by atoms with van der Waals surface area (Å²) in [6.45, 7) is 2.28. The third-order valence-corrected chi connectivity index (χ3v) is 2.95. The molecule has 0 bridgehead atoms. The molecule has 0 spiro atoms. The second-order valence-electron chi connectivity index (χ2n) is 3.69. The number of phenolic OH excluding ortho intramolecular Hbond substituents is 1. The van der Waals surface area contributed by atoms with E-state index in [-0.39, 0.29) is 30.2 Å². The fourth-order valence-corrected chi connectivity index (χ4v) is 1.84. The Bertz CT molecular complexity index is 461. The minimum atomic E-state index is -0.957. The van der Waals surface area contributed by atoms with Crippen LogP contribution in [-0.4, -0.2) is 40.1 Å². The van der Waals surface area contributed by atoms with Gasteiger partial charge in [0.25, 0.3) is 5.91 Å². The fraction of sp³-hybridized carbons (Fsp3) is 0.333. The molecule has 5 nitrogen and oxygen atoms in total. The highest BCUT2D eigenvalue weighted by molar-refractivity contribution is 9.10. The molecular weight excluding hydrogens is 302 g/mol. The SMILES string of the molecule is CCN(CCC(=O)O)C(=O)c1ccc(Br)cc1O. The lowest BCUT2D eigenvalue weighted by molar-refractivity contribution is -0.137. The van der Waals surface area contributed by atoms with Gasteiger partial charge in [-0.15, -0.1) is 0 Å². The number of carbonyl (C=O) groups is 2. The van der Waals surface area contributed by atoms with Crippen molar-refractivity contribution >= 4 is 27.8 Å². The number of nitrogens with zero attached hydrogens (tertiary/aromatic N) is 1. The first-order chi connectivity index (χ1) is 8.45. The van der Waals surface area contributed by atoms with Crippen LogP contribution in [0.5, 0.6) is 5.75 Å². The molecule has 0 atom stereocenters. The van der Waals surface area contributed by atoms with Gasteiger partial charge in [0.15, 0.2) is 0 Å². The van der Waals surface area contributed by atoms with E-state index in [2.05, 4.69) is 15.9 Å². The van der Waals surface area contributed by atoms with E-state index in [1.54, 1.807) is 13.0 Å². The van der Waals surface area contributed by atoms with Gasteiger partial charge in [0.05, 0.1) is 12.0 Å². The first-order valence-corrected chi connectivity index (χ1v) is 6.24. The molecule has 0 heterocycles. The highest BCUT2D eigenvalue weighted by Crippen LogP contribution is 2.23. The minimum Gasteiger partial charge on any atom is -0.507 e. The van der Waals surface area contributed by atoms with Crippen LogP contribution in [0, 0.1) is 0 Å². The van der Waals surface area contributed by atoms with Crippen LogP contribution in [0.2, 0.25) is 0 Å². The van der Waals surface area contributed by atoms with Crippen molar-refractivity contribution in [3.63, 3.8) is 0 Å². The van der Waals surface area contributed by atoms with E-state index in [1.807, 2.05) is 0 Å². The van der Waals surface area contributed by atoms with E-state index in [9.17, 15) is 14.7 Å². The number of phenols is 1. The van der Waals surface area contributed by atoms with Crippen LogP contribution in [0.25, 0.3) is 0 Å². The second-order valence-corrected chi connectivity index (χ2v) is 4.61. The largest absolute Gasteiger partial charge is 0.507 e. The predicted octanol–water partition coefficient (Wildman–Crippen LogP) is 2.09. The van der Waals surface area contributed by atoms with Crippen molar-refractivity contribution in [2.24, 2.45) is 0 Å². The van der Waals surface area contributed by atoms with Crippen molar-refractivity contribution in [3.8, 4) is 5.75 Å². The lowest BCUT2D eigenvalue weighted by Crippen LogP contribution is -2.32. The number of halogens is 1. The van der Waals surface area contributed by atoms with Crippen LogP contribution in [0.15, 0.2) is 22.7 Å². The predicted molar refractivity (Wildman–Crippen MR) is 69.6 cm³/mol. The highest BCUT2D eigenvalue weighted by atomic mass is 79.9. The normalized spacial score (nSPS) is 10.1. The summed E-state index contributed by atoms with van der Waals surface area (Å²) in [4.78, 5) is 24.0. The maximum Gasteiger partial charge on any atom is 0.305 e. The van der Waals surface area contributed by atoms with Crippen LogP contribution in [0.3, 0.4) is 0 Å². The van der Waals surface area contributed by atoms with Crippen LogP contribution in [0.1, 0.15) is 23.7 Å². The van der Waals surface area contributed by atoms with Gasteiger partial charge in [0, 0.05) is 17.6 Å². The molecule has 1 aromatic carbocycles. The van der Waals surface area contributed by atoms with Crippen molar-refractivity contribution < 1.29 is 19.8 Å². The van der Waals surface area contributed by atoms with E-state index in [4.69, 9.17) is 5.11 Å². The number of carbonyl (C=O) groups excluding carboxylic acids is 1. The van der Waals surface area contributed by atoms with Crippen molar-refractivity contribution in [2.45, 2.75) is 13.3 Å². The summed E-state index contributed by atoms with van der Waals surface area (Å²) in [6, 6.07) is 4.58. The number of benzene rings is 1. The quantitative estimate of drug-likeness (QED) is 0.872.